The fraction of sp³-hybridized carbons (Fsp3) is 0.458. The van der Waals surface area contributed by atoms with Gasteiger partial charge in [-0.3, -0.25) is 4.90 Å². The van der Waals surface area contributed by atoms with Gasteiger partial charge in [0.25, 0.3) is 0 Å². The lowest BCUT2D eigenvalue weighted by Crippen LogP contribution is -2.31. The molecule has 3 rings (SSSR count). The molecule has 0 bridgehead atoms. The average Bonchev–Trinajstić information content (AvgIpc) is 3.06. The van der Waals surface area contributed by atoms with Crippen LogP contribution in [0.2, 0.25) is 0 Å². The van der Waals surface area contributed by atoms with Crippen molar-refractivity contribution in [3.8, 4) is 11.5 Å². The predicted molar refractivity (Wildman–Crippen MR) is 116 cm³/mol. The van der Waals surface area contributed by atoms with Gasteiger partial charge in [-0.2, -0.15) is 0 Å². The van der Waals surface area contributed by atoms with Crippen molar-refractivity contribution in [3.63, 3.8) is 0 Å². The number of fused-ring (bicyclic) bond motifs is 1. The summed E-state index contributed by atoms with van der Waals surface area (Å²) in [5.74, 6) is 2.19. The summed E-state index contributed by atoms with van der Waals surface area (Å²) < 4.78 is 11.2. The number of methoxy groups -OCH3 is 1. The van der Waals surface area contributed by atoms with Gasteiger partial charge in [0.2, 0.25) is 0 Å². The third-order valence-corrected chi connectivity index (χ3v) is 4.97. The van der Waals surface area contributed by atoms with Crippen LogP contribution in [-0.4, -0.2) is 35.4 Å². The zero-order valence-corrected chi connectivity index (χ0v) is 18.1. The number of phenols is 1. The van der Waals surface area contributed by atoms with Crippen molar-refractivity contribution >= 4 is 11.0 Å². The Morgan fingerprint density at radius 2 is 1.72 bits per heavy atom. The van der Waals surface area contributed by atoms with E-state index in [4.69, 9.17) is 9.26 Å². The van der Waals surface area contributed by atoms with Gasteiger partial charge in [-0.05, 0) is 30.0 Å². The van der Waals surface area contributed by atoms with Crippen LogP contribution in [0.15, 0.2) is 40.9 Å². The van der Waals surface area contributed by atoms with Crippen molar-refractivity contribution in [1.82, 2.24) is 10.1 Å². The summed E-state index contributed by atoms with van der Waals surface area (Å²) >= 11 is 0. The molecule has 1 aromatic heterocycles. The Labute approximate surface area is 173 Å². The first-order valence-corrected chi connectivity index (χ1v) is 10.3. The molecule has 0 saturated carbocycles. The molecule has 29 heavy (non-hydrogen) atoms. The first-order chi connectivity index (χ1) is 13.9. The van der Waals surface area contributed by atoms with Crippen LogP contribution < -0.4 is 4.74 Å². The SMILES string of the molecule is COc1ccccc1Cc1noc2c(CN(CC(C)C)CC(C)C)c(O)ccc12. The van der Waals surface area contributed by atoms with Crippen LogP contribution in [0.25, 0.3) is 11.0 Å². The summed E-state index contributed by atoms with van der Waals surface area (Å²) in [6.45, 7) is 11.4. The molecule has 0 fully saturated rings. The Kier molecular flexibility index (Phi) is 6.80. The summed E-state index contributed by atoms with van der Waals surface area (Å²) in [7, 11) is 1.67. The number of aromatic hydroxyl groups is 1. The van der Waals surface area contributed by atoms with E-state index in [0.717, 1.165) is 41.0 Å². The highest BCUT2D eigenvalue weighted by atomic mass is 16.5. The van der Waals surface area contributed by atoms with E-state index in [1.165, 1.54) is 0 Å². The largest absolute Gasteiger partial charge is 0.507 e. The molecule has 1 heterocycles. The quantitative estimate of drug-likeness (QED) is 0.535. The first-order valence-electron chi connectivity index (χ1n) is 10.3. The maximum absolute atomic E-state index is 10.6. The zero-order valence-electron chi connectivity index (χ0n) is 18.1. The molecule has 5 nitrogen and oxygen atoms in total. The number of aromatic nitrogens is 1. The van der Waals surface area contributed by atoms with Crippen LogP contribution in [0.1, 0.15) is 44.5 Å². The van der Waals surface area contributed by atoms with E-state index in [1.54, 1.807) is 13.2 Å². The fourth-order valence-electron chi connectivity index (χ4n) is 3.87. The Balaban J connectivity index is 1.94. The number of ether oxygens (including phenoxy) is 1. The van der Waals surface area contributed by atoms with Crippen molar-refractivity contribution in [2.24, 2.45) is 11.8 Å². The Bertz CT molecular complexity index is 936. The molecule has 0 aliphatic rings. The molecule has 0 unspecified atom stereocenters. The van der Waals surface area contributed by atoms with E-state index in [2.05, 4.69) is 37.8 Å². The molecule has 0 aliphatic heterocycles. The van der Waals surface area contributed by atoms with Crippen LogP contribution in [0, 0.1) is 11.8 Å². The van der Waals surface area contributed by atoms with E-state index in [0.29, 0.717) is 30.4 Å². The molecule has 0 saturated heterocycles. The highest BCUT2D eigenvalue weighted by Gasteiger charge is 2.20. The molecule has 0 aliphatic carbocycles. The minimum atomic E-state index is 0.259. The van der Waals surface area contributed by atoms with Crippen LogP contribution >= 0.6 is 0 Å². The maximum atomic E-state index is 10.6. The summed E-state index contributed by atoms with van der Waals surface area (Å²) in [5.41, 5.74) is 3.39. The smallest absolute Gasteiger partial charge is 0.175 e. The van der Waals surface area contributed by atoms with E-state index in [1.807, 2.05) is 30.3 Å². The average molecular weight is 397 g/mol. The lowest BCUT2D eigenvalue weighted by molar-refractivity contribution is 0.209. The Morgan fingerprint density at radius 1 is 1.03 bits per heavy atom. The van der Waals surface area contributed by atoms with Crippen molar-refractivity contribution in [3.05, 3.63) is 53.2 Å². The Hall–Kier alpha value is -2.53. The van der Waals surface area contributed by atoms with Gasteiger partial charge in [0.1, 0.15) is 11.5 Å². The Morgan fingerprint density at radius 3 is 2.38 bits per heavy atom. The monoisotopic (exact) mass is 396 g/mol. The van der Waals surface area contributed by atoms with Crippen LogP contribution in [0.4, 0.5) is 0 Å². The van der Waals surface area contributed by atoms with Crippen molar-refractivity contribution in [2.45, 2.75) is 40.7 Å². The van der Waals surface area contributed by atoms with Crippen molar-refractivity contribution in [2.75, 3.05) is 20.2 Å². The van der Waals surface area contributed by atoms with Gasteiger partial charge in [0, 0.05) is 37.0 Å². The molecule has 0 radical (unpaired) electrons. The van der Waals surface area contributed by atoms with Crippen LogP contribution in [-0.2, 0) is 13.0 Å². The van der Waals surface area contributed by atoms with Gasteiger partial charge < -0.3 is 14.4 Å². The zero-order chi connectivity index (χ0) is 21.0. The molecule has 0 atom stereocenters. The molecule has 0 amide bonds. The van der Waals surface area contributed by atoms with Gasteiger partial charge in [0.15, 0.2) is 5.58 Å². The third kappa shape index (κ3) is 5.10. The topological polar surface area (TPSA) is 58.7 Å². The standard InChI is InChI=1S/C24H32N2O3/c1-16(2)13-26(14-17(3)4)15-20-22(27)11-10-19-21(25-29-24(19)20)12-18-8-6-7-9-23(18)28-5/h6-11,16-17,27H,12-15H2,1-5H3. The predicted octanol–water partition coefficient (Wildman–Crippen LogP) is 5.25. The molecular formula is C24H32N2O3. The first kappa shape index (κ1) is 21.2. The summed E-state index contributed by atoms with van der Waals surface area (Å²) in [6, 6.07) is 11.6. The number of benzene rings is 2. The summed E-state index contributed by atoms with van der Waals surface area (Å²) in [5, 5.41) is 15.9. The number of rotatable bonds is 9. The van der Waals surface area contributed by atoms with Gasteiger partial charge in [-0.15, -0.1) is 0 Å². The molecular weight excluding hydrogens is 364 g/mol. The van der Waals surface area contributed by atoms with E-state index in [-0.39, 0.29) is 5.75 Å². The second-order valence-electron chi connectivity index (χ2n) is 8.54. The fourth-order valence-corrected chi connectivity index (χ4v) is 3.87. The normalized spacial score (nSPS) is 11.9. The van der Waals surface area contributed by atoms with Gasteiger partial charge in [0.05, 0.1) is 18.4 Å². The molecule has 5 heteroatoms. The summed E-state index contributed by atoms with van der Waals surface area (Å²) in [6.07, 6.45) is 0.614. The minimum absolute atomic E-state index is 0.259. The second kappa shape index (κ2) is 9.31. The van der Waals surface area contributed by atoms with E-state index >= 15 is 0 Å². The lowest BCUT2D eigenvalue weighted by Gasteiger charge is -2.26. The molecule has 0 spiro atoms. The number of hydrogen-bond donors (Lipinski definition) is 1. The van der Waals surface area contributed by atoms with Gasteiger partial charge >= 0.3 is 0 Å². The van der Waals surface area contributed by atoms with Crippen molar-refractivity contribution in [1.29, 1.82) is 0 Å². The highest BCUT2D eigenvalue weighted by molar-refractivity contribution is 5.84. The molecule has 156 valence electrons. The van der Waals surface area contributed by atoms with Crippen LogP contribution in [0.3, 0.4) is 0 Å². The molecule has 3 aromatic rings. The van der Waals surface area contributed by atoms with Crippen molar-refractivity contribution < 1.29 is 14.4 Å². The second-order valence-corrected chi connectivity index (χ2v) is 8.54. The lowest BCUT2D eigenvalue weighted by atomic mass is 10.0. The summed E-state index contributed by atoms with van der Waals surface area (Å²) in [4.78, 5) is 2.38. The van der Waals surface area contributed by atoms with E-state index < -0.39 is 0 Å². The number of nitrogens with zero attached hydrogens (tertiary/aromatic N) is 2. The van der Waals surface area contributed by atoms with Gasteiger partial charge in [-0.25, -0.2) is 0 Å². The molecule has 1 N–H and O–H groups in total. The van der Waals surface area contributed by atoms with E-state index in [9.17, 15) is 5.11 Å². The van der Waals surface area contributed by atoms with Gasteiger partial charge in [-0.1, -0.05) is 51.1 Å². The van der Waals surface area contributed by atoms with Crippen LogP contribution in [0.5, 0.6) is 11.5 Å². The number of para-hydroxylation sites is 1. The highest BCUT2D eigenvalue weighted by Crippen LogP contribution is 2.32. The maximum Gasteiger partial charge on any atom is 0.175 e. The minimum Gasteiger partial charge on any atom is -0.507 e. The number of hydrogen-bond acceptors (Lipinski definition) is 5. The number of phenolic OH excluding ortho intramolecular Hbond substituents is 1. The third-order valence-electron chi connectivity index (χ3n) is 4.97. The molecule has 2 aromatic carbocycles.